The molecule has 0 spiro atoms. The smallest absolute Gasteiger partial charge is 0.0460 e. The molecule has 1 aliphatic rings. The summed E-state index contributed by atoms with van der Waals surface area (Å²) in [5.41, 5.74) is 1.71. The van der Waals surface area contributed by atoms with Gasteiger partial charge in [0.25, 0.3) is 0 Å². The molecule has 1 fully saturated rings. The second kappa shape index (κ2) is 6.08. The highest BCUT2D eigenvalue weighted by Crippen LogP contribution is 2.42. The molecule has 0 unspecified atom stereocenters. The molecule has 1 saturated carbocycles. The van der Waals surface area contributed by atoms with E-state index < -0.39 is 0 Å². The van der Waals surface area contributed by atoms with Gasteiger partial charge in [0.2, 0.25) is 0 Å². The van der Waals surface area contributed by atoms with Gasteiger partial charge in [0.1, 0.15) is 0 Å². The molecule has 0 amide bonds. The molecule has 0 heterocycles. The highest BCUT2D eigenvalue weighted by molar-refractivity contribution is 6.30. The number of nitrogens with zero attached hydrogens (tertiary/aromatic N) is 1. The van der Waals surface area contributed by atoms with Crippen LogP contribution in [0.1, 0.15) is 51.5 Å². The van der Waals surface area contributed by atoms with Gasteiger partial charge in [-0.25, -0.2) is 0 Å². The van der Waals surface area contributed by atoms with Gasteiger partial charge in [-0.15, -0.1) is 0 Å². The third-order valence-electron chi connectivity index (χ3n) is 4.43. The van der Waals surface area contributed by atoms with Crippen LogP contribution in [0.25, 0.3) is 0 Å². The van der Waals surface area contributed by atoms with Gasteiger partial charge in [0.05, 0.1) is 0 Å². The van der Waals surface area contributed by atoms with Crippen molar-refractivity contribution >= 4 is 11.6 Å². The lowest BCUT2D eigenvalue weighted by Crippen LogP contribution is -2.47. The van der Waals surface area contributed by atoms with Crippen molar-refractivity contribution in [2.75, 3.05) is 13.1 Å². The second-order valence-corrected chi connectivity index (χ2v) is 5.71. The van der Waals surface area contributed by atoms with E-state index in [1.54, 1.807) is 0 Å². The van der Waals surface area contributed by atoms with Crippen molar-refractivity contribution < 1.29 is 0 Å². The lowest BCUT2D eigenvalue weighted by Gasteiger charge is -2.46. The van der Waals surface area contributed by atoms with Crippen LogP contribution in [0.5, 0.6) is 0 Å². The summed E-state index contributed by atoms with van der Waals surface area (Å²) in [7, 11) is 0. The van der Waals surface area contributed by atoms with Crippen LogP contribution < -0.4 is 0 Å². The number of benzene rings is 1. The highest BCUT2D eigenvalue weighted by Gasteiger charge is 2.37. The molecular formula is C16H24ClN. The predicted octanol–water partition coefficient (Wildman–Crippen LogP) is 4.84. The molecule has 0 bridgehead atoms. The zero-order valence-corrected chi connectivity index (χ0v) is 12.3. The molecule has 0 radical (unpaired) electrons. The van der Waals surface area contributed by atoms with Gasteiger partial charge < -0.3 is 0 Å². The Bertz CT molecular complexity index is 361. The first-order valence-electron chi connectivity index (χ1n) is 7.24. The summed E-state index contributed by atoms with van der Waals surface area (Å²) in [4.78, 5) is 2.63. The Morgan fingerprint density at radius 2 is 1.56 bits per heavy atom. The molecule has 1 aliphatic carbocycles. The summed E-state index contributed by atoms with van der Waals surface area (Å²) in [6.45, 7) is 6.80. The van der Waals surface area contributed by atoms with Crippen molar-refractivity contribution in [3.05, 3.63) is 34.9 Å². The molecule has 0 atom stereocenters. The van der Waals surface area contributed by atoms with Crippen molar-refractivity contribution in [2.24, 2.45) is 0 Å². The molecule has 0 saturated heterocycles. The minimum absolute atomic E-state index is 0.256. The molecule has 1 aromatic rings. The standard InChI is InChI=1S/C16H24ClN/c1-3-18(4-2)16(12-6-5-7-13-16)14-8-10-15(17)11-9-14/h8-11H,3-7,12-13H2,1-2H3. The molecule has 18 heavy (non-hydrogen) atoms. The summed E-state index contributed by atoms with van der Waals surface area (Å²) >= 11 is 6.03. The van der Waals surface area contributed by atoms with Crippen LogP contribution >= 0.6 is 11.6 Å². The van der Waals surface area contributed by atoms with Gasteiger partial charge >= 0.3 is 0 Å². The molecule has 100 valence electrons. The van der Waals surface area contributed by atoms with Crippen LogP contribution in [0.3, 0.4) is 0 Å². The third kappa shape index (κ3) is 2.57. The minimum atomic E-state index is 0.256. The lowest BCUT2D eigenvalue weighted by molar-refractivity contribution is 0.0567. The largest absolute Gasteiger partial charge is 0.294 e. The van der Waals surface area contributed by atoms with Crippen molar-refractivity contribution in [3.63, 3.8) is 0 Å². The Kier molecular flexibility index (Phi) is 4.69. The van der Waals surface area contributed by atoms with Crippen molar-refractivity contribution in [2.45, 2.75) is 51.5 Å². The van der Waals surface area contributed by atoms with E-state index in [0.717, 1.165) is 18.1 Å². The van der Waals surface area contributed by atoms with Crippen LogP contribution in [-0.2, 0) is 5.54 Å². The van der Waals surface area contributed by atoms with Crippen LogP contribution in [-0.4, -0.2) is 18.0 Å². The molecule has 1 aromatic carbocycles. The third-order valence-corrected chi connectivity index (χ3v) is 4.68. The number of hydrogen-bond acceptors (Lipinski definition) is 1. The van der Waals surface area contributed by atoms with Crippen LogP contribution in [0.2, 0.25) is 5.02 Å². The number of rotatable bonds is 4. The van der Waals surface area contributed by atoms with Gasteiger partial charge in [-0.1, -0.05) is 56.8 Å². The molecular weight excluding hydrogens is 242 g/mol. The SMILES string of the molecule is CCN(CC)C1(c2ccc(Cl)cc2)CCCCC1. The normalized spacial score (nSPS) is 19.1. The maximum absolute atomic E-state index is 6.03. The van der Waals surface area contributed by atoms with E-state index in [1.807, 2.05) is 12.1 Å². The average molecular weight is 266 g/mol. The Hall–Kier alpha value is -0.530. The Balaban J connectivity index is 2.37. The first kappa shape index (κ1) is 13.9. The van der Waals surface area contributed by atoms with Crippen molar-refractivity contribution in [1.29, 1.82) is 0 Å². The molecule has 1 nitrogen and oxygen atoms in total. The Morgan fingerprint density at radius 3 is 2.06 bits per heavy atom. The van der Waals surface area contributed by atoms with Gasteiger partial charge in [0, 0.05) is 10.6 Å². The van der Waals surface area contributed by atoms with Crippen molar-refractivity contribution in [3.8, 4) is 0 Å². The van der Waals surface area contributed by atoms with Crippen molar-refractivity contribution in [1.82, 2.24) is 4.90 Å². The molecule has 2 heteroatoms. The predicted molar refractivity (Wildman–Crippen MR) is 79.1 cm³/mol. The van der Waals surface area contributed by atoms with Gasteiger partial charge in [-0.05, 0) is 43.6 Å². The maximum atomic E-state index is 6.03. The first-order chi connectivity index (χ1) is 8.73. The number of halogens is 1. The first-order valence-corrected chi connectivity index (χ1v) is 7.62. The monoisotopic (exact) mass is 265 g/mol. The van der Waals surface area contributed by atoms with E-state index >= 15 is 0 Å². The van der Waals surface area contributed by atoms with Crippen LogP contribution in [0.15, 0.2) is 24.3 Å². The van der Waals surface area contributed by atoms with E-state index in [-0.39, 0.29) is 5.54 Å². The van der Waals surface area contributed by atoms with Gasteiger partial charge in [-0.3, -0.25) is 4.90 Å². The van der Waals surface area contributed by atoms with E-state index in [2.05, 4.69) is 30.9 Å². The molecule has 2 rings (SSSR count). The van der Waals surface area contributed by atoms with Gasteiger partial charge in [0.15, 0.2) is 0 Å². The highest BCUT2D eigenvalue weighted by atomic mass is 35.5. The fourth-order valence-corrected chi connectivity index (χ4v) is 3.64. The number of hydrogen-bond donors (Lipinski definition) is 0. The fourth-order valence-electron chi connectivity index (χ4n) is 3.51. The summed E-state index contributed by atoms with van der Waals surface area (Å²) in [5, 5.41) is 0.837. The lowest BCUT2D eigenvalue weighted by atomic mass is 9.75. The minimum Gasteiger partial charge on any atom is -0.294 e. The zero-order chi connectivity index (χ0) is 13.0. The quantitative estimate of drug-likeness (QED) is 0.753. The van der Waals surface area contributed by atoms with E-state index in [0.29, 0.717) is 0 Å². The summed E-state index contributed by atoms with van der Waals surface area (Å²) in [6.07, 6.45) is 6.65. The zero-order valence-electron chi connectivity index (χ0n) is 11.6. The Morgan fingerprint density at radius 1 is 1.00 bits per heavy atom. The second-order valence-electron chi connectivity index (χ2n) is 5.27. The van der Waals surface area contributed by atoms with Crippen LogP contribution in [0, 0.1) is 0 Å². The summed E-state index contributed by atoms with van der Waals surface area (Å²) < 4.78 is 0. The van der Waals surface area contributed by atoms with E-state index in [4.69, 9.17) is 11.6 Å². The molecule has 0 N–H and O–H groups in total. The van der Waals surface area contributed by atoms with E-state index in [1.165, 1.54) is 37.7 Å². The fraction of sp³-hybridized carbons (Fsp3) is 0.625. The van der Waals surface area contributed by atoms with Crippen LogP contribution in [0.4, 0.5) is 0 Å². The summed E-state index contributed by atoms with van der Waals surface area (Å²) in [6, 6.07) is 8.53. The molecule has 0 aromatic heterocycles. The summed E-state index contributed by atoms with van der Waals surface area (Å²) in [5.74, 6) is 0. The average Bonchev–Trinajstić information content (AvgIpc) is 2.42. The van der Waals surface area contributed by atoms with Gasteiger partial charge in [-0.2, -0.15) is 0 Å². The Labute approximate surface area is 116 Å². The molecule has 0 aliphatic heterocycles. The maximum Gasteiger partial charge on any atom is 0.0460 e. The van der Waals surface area contributed by atoms with E-state index in [9.17, 15) is 0 Å². The topological polar surface area (TPSA) is 3.24 Å².